The number of rotatable bonds is 6. The molecule has 26 heavy (non-hydrogen) atoms. The maximum atomic E-state index is 13.2. The van der Waals surface area contributed by atoms with Crippen LogP contribution in [0.5, 0.6) is 0 Å². The maximum Gasteiger partial charge on any atom is 0.418 e. The summed E-state index contributed by atoms with van der Waals surface area (Å²) in [5.41, 5.74) is -0.632. The van der Waals surface area contributed by atoms with Crippen molar-refractivity contribution in [3.8, 4) is 0 Å². The minimum absolute atomic E-state index is 0.0152. The highest BCUT2D eigenvalue weighted by atomic mass is 35.5. The van der Waals surface area contributed by atoms with Crippen LogP contribution < -0.4 is 10.6 Å². The average Bonchev–Trinajstić information content (AvgIpc) is 2.55. The Hall–Kier alpha value is -2.32. The molecule has 1 aromatic heterocycles. The van der Waals surface area contributed by atoms with Crippen molar-refractivity contribution in [1.29, 1.82) is 0 Å². The number of carbonyl (C=O) groups excluding carboxylic acids is 1. The first-order valence-corrected chi connectivity index (χ1v) is 8.07. The molecule has 1 amide bonds. The molecule has 0 saturated heterocycles. The number of anilines is 2. The van der Waals surface area contributed by atoms with Gasteiger partial charge in [-0.25, -0.2) is 0 Å². The lowest BCUT2D eigenvalue weighted by molar-refractivity contribution is -0.136. The largest absolute Gasteiger partial charge is 0.418 e. The van der Waals surface area contributed by atoms with Gasteiger partial charge in [0.25, 0.3) is 5.91 Å². The molecule has 0 bridgehead atoms. The molecule has 0 aliphatic heterocycles. The van der Waals surface area contributed by atoms with Crippen LogP contribution in [-0.2, 0) is 6.18 Å². The number of pyridine rings is 1. The molecular weight excluding hydrogens is 369 g/mol. The number of alkyl halides is 3. The van der Waals surface area contributed by atoms with E-state index in [2.05, 4.69) is 15.6 Å². The van der Waals surface area contributed by atoms with Crippen LogP contribution in [0.3, 0.4) is 0 Å². The summed E-state index contributed by atoms with van der Waals surface area (Å²) in [5, 5.41) is 5.35. The molecule has 5 nitrogen and oxygen atoms in total. The van der Waals surface area contributed by atoms with Gasteiger partial charge in [-0.15, -0.1) is 0 Å². The van der Waals surface area contributed by atoms with Gasteiger partial charge in [-0.2, -0.15) is 13.2 Å². The molecule has 0 aliphatic rings. The summed E-state index contributed by atoms with van der Waals surface area (Å²) in [6.45, 7) is 1.09. The average molecular weight is 387 g/mol. The van der Waals surface area contributed by atoms with Gasteiger partial charge in [-0.3, -0.25) is 9.78 Å². The number of nitrogens with zero attached hydrogens (tertiary/aromatic N) is 2. The van der Waals surface area contributed by atoms with Crippen LogP contribution in [0.1, 0.15) is 16.1 Å². The van der Waals surface area contributed by atoms with E-state index in [1.54, 1.807) is 0 Å². The van der Waals surface area contributed by atoms with E-state index in [0.29, 0.717) is 18.8 Å². The van der Waals surface area contributed by atoms with Crippen molar-refractivity contribution < 1.29 is 18.0 Å². The summed E-state index contributed by atoms with van der Waals surface area (Å²) in [6.07, 6.45) is -3.21. The highest BCUT2D eigenvalue weighted by molar-refractivity contribution is 6.30. The van der Waals surface area contributed by atoms with Gasteiger partial charge in [0.2, 0.25) is 0 Å². The molecule has 0 aliphatic carbocycles. The van der Waals surface area contributed by atoms with Crippen molar-refractivity contribution in [2.45, 2.75) is 6.18 Å². The van der Waals surface area contributed by atoms with Crippen LogP contribution in [0, 0.1) is 0 Å². The topological polar surface area (TPSA) is 57.3 Å². The Morgan fingerprint density at radius 3 is 2.62 bits per heavy atom. The first kappa shape index (κ1) is 20.0. The van der Waals surface area contributed by atoms with Crippen LogP contribution in [0.2, 0.25) is 5.02 Å². The number of carbonyl (C=O) groups is 1. The Kier molecular flexibility index (Phi) is 6.44. The van der Waals surface area contributed by atoms with Crippen molar-refractivity contribution in [1.82, 2.24) is 15.2 Å². The Morgan fingerprint density at radius 1 is 1.23 bits per heavy atom. The maximum absolute atomic E-state index is 13.2. The van der Waals surface area contributed by atoms with Crippen molar-refractivity contribution in [2.75, 3.05) is 32.5 Å². The standard InChI is InChI=1S/C17H18ClF3N4O/c1-25(2)8-7-23-16(26)15-10-12(5-6-22-15)24-14-4-3-11(18)9-13(14)17(19,20)21/h3-6,9-10H,7-8H2,1-2H3,(H,22,24)(H,23,26). The van der Waals surface area contributed by atoms with Crippen LogP contribution in [0.25, 0.3) is 0 Å². The third-order valence-electron chi connectivity index (χ3n) is 3.40. The SMILES string of the molecule is CN(C)CCNC(=O)c1cc(Nc2ccc(Cl)cc2C(F)(F)F)ccn1. The number of halogens is 4. The molecule has 0 radical (unpaired) electrons. The summed E-state index contributed by atoms with van der Waals surface area (Å²) in [7, 11) is 3.75. The van der Waals surface area contributed by atoms with E-state index < -0.39 is 17.6 Å². The van der Waals surface area contributed by atoms with E-state index in [-0.39, 0.29) is 16.4 Å². The summed E-state index contributed by atoms with van der Waals surface area (Å²) < 4.78 is 39.5. The van der Waals surface area contributed by atoms with Crippen molar-refractivity contribution in [3.63, 3.8) is 0 Å². The van der Waals surface area contributed by atoms with E-state index in [4.69, 9.17) is 11.6 Å². The van der Waals surface area contributed by atoms with Crippen molar-refractivity contribution in [3.05, 3.63) is 52.8 Å². The zero-order valence-electron chi connectivity index (χ0n) is 14.2. The Labute approximate surface area is 154 Å². The highest BCUT2D eigenvalue weighted by Gasteiger charge is 2.33. The number of aromatic nitrogens is 1. The lowest BCUT2D eigenvalue weighted by Crippen LogP contribution is -2.31. The first-order chi connectivity index (χ1) is 12.2. The molecule has 0 saturated carbocycles. The molecule has 140 valence electrons. The van der Waals surface area contributed by atoms with E-state index in [9.17, 15) is 18.0 Å². The molecule has 0 unspecified atom stereocenters. The lowest BCUT2D eigenvalue weighted by Gasteiger charge is -2.15. The monoisotopic (exact) mass is 386 g/mol. The summed E-state index contributed by atoms with van der Waals surface area (Å²) in [5.74, 6) is -0.400. The predicted octanol–water partition coefficient (Wildman–Crippen LogP) is 3.79. The number of amides is 1. The molecule has 2 aromatic rings. The predicted molar refractivity (Wildman–Crippen MR) is 94.9 cm³/mol. The molecule has 0 atom stereocenters. The van der Waals surface area contributed by atoms with E-state index in [1.807, 2.05) is 19.0 Å². The summed E-state index contributed by atoms with van der Waals surface area (Å²) in [6, 6.07) is 6.31. The van der Waals surface area contributed by atoms with Gasteiger partial charge in [0.1, 0.15) is 5.69 Å². The van der Waals surface area contributed by atoms with E-state index in [1.165, 1.54) is 30.5 Å². The Morgan fingerprint density at radius 2 is 1.96 bits per heavy atom. The van der Waals surface area contributed by atoms with Gasteiger partial charge in [0.05, 0.1) is 11.3 Å². The third kappa shape index (κ3) is 5.60. The fraction of sp³-hybridized carbons (Fsp3) is 0.294. The second kappa shape index (κ2) is 8.37. The molecule has 0 fully saturated rings. The molecule has 9 heteroatoms. The molecule has 2 rings (SSSR count). The van der Waals surface area contributed by atoms with Crippen LogP contribution in [0.15, 0.2) is 36.5 Å². The molecule has 2 N–H and O–H groups in total. The van der Waals surface area contributed by atoms with E-state index in [0.717, 1.165) is 6.07 Å². The second-order valence-electron chi connectivity index (χ2n) is 5.80. The number of likely N-dealkylation sites (N-methyl/N-ethyl adjacent to an activating group) is 1. The smallest absolute Gasteiger partial charge is 0.355 e. The summed E-state index contributed by atoms with van der Waals surface area (Å²) >= 11 is 5.67. The fourth-order valence-corrected chi connectivity index (χ4v) is 2.30. The van der Waals surface area contributed by atoms with Gasteiger partial charge in [0.15, 0.2) is 0 Å². The molecule has 0 spiro atoms. The lowest BCUT2D eigenvalue weighted by atomic mass is 10.1. The van der Waals surface area contributed by atoms with Gasteiger partial charge in [-0.05, 0) is 44.4 Å². The third-order valence-corrected chi connectivity index (χ3v) is 3.64. The van der Waals surface area contributed by atoms with Crippen molar-refractivity contribution in [2.24, 2.45) is 0 Å². The molecule has 1 aromatic carbocycles. The number of hydrogen-bond acceptors (Lipinski definition) is 4. The second-order valence-corrected chi connectivity index (χ2v) is 6.24. The van der Waals surface area contributed by atoms with Gasteiger partial charge in [0, 0.05) is 30.0 Å². The van der Waals surface area contributed by atoms with Crippen molar-refractivity contribution >= 4 is 28.9 Å². The van der Waals surface area contributed by atoms with Gasteiger partial charge in [-0.1, -0.05) is 11.6 Å². The quantitative estimate of drug-likeness (QED) is 0.793. The first-order valence-electron chi connectivity index (χ1n) is 7.69. The Balaban J connectivity index is 2.18. The number of benzene rings is 1. The summed E-state index contributed by atoms with van der Waals surface area (Å²) in [4.78, 5) is 17.9. The molecular formula is C17H18ClF3N4O. The fourth-order valence-electron chi connectivity index (χ4n) is 2.13. The van der Waals surface area contributed by atoms with Crippen LogP contribution in [-0.4, -0.2) is 43.0 Å². The van der Waals surface area contributed by atoms with Crippen LogP contribution >= 0.6 is 11.6 Å². The Bertz CT molecular complexity index is 781. The minimum atomic E-state index is -4.56. The number of hydrogen-bond donors (Lipinski definition) is 2. The highest BCUT2D eigenvalue weighted by Crippen LogP contribution is 2.37. The van der Waals surface area contributed by atoms with Gasteiger partial charge >= 0.3 is 6.18 Å². The van der Waals surface area contributed by atoms with Crippen LogP contribution in [0.4, 0.5) is 24.5 Å². The number of nitrogens with one attached hydrogen (secondary N) is 2. The normalized spacial score (nSPS) is 11.5. The van der Waals surface area contributed by atoms with Gasteiger partial charge < -0.3 is 15.5 Å². The van der Waals surface area contributed by atoms with E-state index >= 15 is 0 Å². The zero-order valence-corrected chi connectivity index (χ0v) is 14.9. The molecule has 1 heterocycles. The zero-order chi connectivity index (χ0) is 19.3. The minimum Gasteiger partial charge on any atom is -0.355 e.